The molecule has 0 aromatic carbocycles. The predicted octanol–water partition coefficient (Wildman–Crippen LogP) is 0.685. The van der Waals surface area contributed by atoms with Crippen LogP contribution in [-0.2, 0) is 0 Å². The summed E-state index contributed by atoms with van der Waals surface area (Å²) in [6.45, 7) is 5.46. The maximum atomic E-state index is 11.0. The molecule has 0 aliphatic carbocycles. The molecule has 0 spiro atoms. The monoisotopic (exact) mass is 209 g/mol. The number of likely N-dealkylation sites (tertiary alicyclic amines) is 1. The summed E-state index contributed by atoms with van der Waals surface area (Å²) in [4.78, 5) is 13.2. The first-order valence-electron chi connectivity index (χ1n) is 4.98. The Morgan fingerprint density at radius 1 is 1.47 bits per heavy atom. The highest BCUT2D eigenvalue weighted by Crippen LogP contribution is 2.23. The maximum Gasteiger partial charge on any atom is 0.339 e. The fraction of sp³-hybridized carbons (Fsp3) is 0.600. The molecule has 1 aliphatic rings. The lowest BCUT2D eigenvalue weighted by Crippen LogP contribution is -2.45. The van der Waals surface area contributed by atoms with Crippen molar-refractivity contribution in [3.05, 3.63) is 17.0 Å². The van der Waals surface area contributed by atoms with Gasteiger partial charge >= 0.3 is 5.97 Å². The van der Waals surface area contributed by atoms with E-state index < -0.39 is 5.97 Å². The predicted molar refractivity (Wildman–Crippen MR) is 55.2 cm³/mol. The summed E-state index contributed by atoms with van der Waals surface area (Å²) < 4.78 is 1.85. The topological polar surface area (TPSA) is 58.4 Å². The van der Waals surface area contributed by atoms with Gasteiger partial charge in [0.15, 0.2) is 0 Å². The molecule has 1 saturated heterocycles. The van der Waals surface area contributed by atoms with E-state index in [1.165, 1.54) is 0 Å². The van der Waals surface area contributed by atoms with Crippen molar-refractivity contribution in [3.8, 4) is 0 Å². The summed E-state index contributed by atoms with van der Waals surface area (Å²) in [6.07, 6.45) is 0. The van der Waals surface area contributed by atoms with E-state index in [4.69, 9.17) is 5.11 Å². The van der Waals surface area contributed by atoms with Gasteiger partial charge in [-0.1, -0.05) is 0 Å². The minimum Gasteiger partial charge on any atom is -0.478 e. The third-order valence-corrected chi connectivity index (χ3v) is 2.93. The van der Waals surface area contributed by atoms with Gasteiger partial charge in [-0.3, -0.25) is 4.68 Å². The second-order valence-electron chi connectivity index (χ2n) is 4.17. The molecule has 0 atom stereocenters. The first-order valence-corrected chi connectivity index (χ1v) is 4.98. The van der Waals surface area contributed by atoms with Crippen molar-refractivity contribution in [1.29, 1.82) is 0 Å². The molecule has 1 fully saturated rings. The highest BCUT2D eigenvalue weighted by molar-refractivity contribution is 5.90. The van der Waals surface area contributed by atoms with Crippen molar-refractivity contribution in [2.45, 2.75) is 19.9 Å². The van der Waals surface area contributed by atoms with Gasteiger partial charge in [0.05, 0.1) is 17.4 Å². The molecule has 0 amide bonds. The summed E-state index contributed by atoms with van der Waals surface area (Å²) in [6, 6.07) is 0.335. The Balaban J connectivity index is 2.34. The standard InChI is InChI=1S/C10H15N3O2/c1-6-9(10(14)15)7(2)13(11-6)8-4-12(3)5-8/h8H,4-5H2,1-3H3,(H,14,15). The Hall–Kier alpha value is -1.36. The van der Waals surface area contributed by atoms with Crippen LogP contribution >= 0.6 is 0 Å². The Morgan fingerprint density at radius 3 is 2.47 bits per heavy atom. The van der Waals surface area contributed by atoms with Gasteiger partial charge in [-0.15, -0.1) is 0 Å². The number of carbonyl (C=O) groups is 1. The summed E-state index contributed by atoms with van der Waals surface area (Å²) >= 11 is 0. The van der Waals surface area contributed by atoms with Crippen LogP contribution < -0.4 is 0 Å². The summed E-state index contributed by atoms with van der Waals surface area (Å²) in [5.74, 6) is -0.885. The van der Waals surface area contributed by atoms with E-state index in [2.05, 4.69) is 10.00 Å². The first kappa shape index (κ1) is 10.2. The van der Waals surface area contributed by atoms with Crippen LogP contribution in [0.5, 0.6) is 0 Å². The number of carboxylic acids is 1. The van der Waals surface area contributed by atoms with Crippen molar-refractivity contribution in [3.63, 3.8) is 0 Å². The zero-order valence-electron chi connectivity index (χ0n) is 9.19. The molecule has 1 aromatic rings. The normalized spacial score (nSPS) is 17.8. The molecule has 0 radical (unpaired) electrons. The summed E-state index contributed by atoms with van der Waals surface area (Å²) in [5.41, 5.74) is 1.72. The second kappa shape index (κ2) is 3.34. The number of hydrogen-bond acceptors (Lipinski definition) is 3. The fourth-order valence-corrected chi connectivity index (χ4v) is 2.15. The van der Waals surface area contributed by atoms with Crippen molar-refractivity contribution in [2.24, 2.45) is 0 Å². The van der Waals surface area contributed by atoms with E-state index in [1.807, 2.05) is 18.7 Å². The Kier molecular flexibility index (Phi) is 2.26. The minimum absolute atomic E-state index is 0.335. The van der Waals surface area contributed by atoms with Crippen LogP contribution in [0.2, 0.25) is 0 Å². The third-order valence-electron chi connectivity index (χ3n) is 2.93. The smallest absolute Gasteiger partial charge is 0.339 e. The Bertz CT molecular complexity index is 405. The molecule has 2 heterocycles. The minimum atomic E-state index is -0.885. The zero-order chi connectivity index (χ0) is 11.2. The van der Waals surface area contributed by atoms with Crippen LogP contribution in [0, 0.1) is 13.8 Å². The number of likely N-dealkylation sites (N-methyl/N-ethyl adjacent to an activating group) is 1. The molecule has 0 unspecified atom stereocenters. The number of aryl methyl sites for hydroxylation is 1. The molecule has 1 N–H and O–H groups in total. The lowest BCUT2D eigenvalue weighted by molar-refractivity contribution is 0.0694. The number of carboxylic acid groups (broad SMARTS) is 1. The lowest BCUT2D eigenvalue weighted by atomic mass is 10.1. The Labute approximate surface area is 88.3 Å². The van der Waals surface area contributed by atoms with Crippen LogP contribution in [0.3, 0.4) is 0 Å². The average Bonchev–Trinajstić information content (AvgIpc) is 2.36. The molecule has 1 aromatic heterocycles. The van der Waals surface area contributed by atoms with Gasteiger partial charge in [-0.2, -0.15) is 5.10 Å². The second-order valence-corrected chi connectivity index (χ2v) is 4.17. The van der Waals surface area contributed by atoms with Gasteiger partial charge in [0.1, 0.15) is 5.56 Å². The number of aromatic carboxylic acids is 1. The van der Waals surface area contributed by atoms with E-state index in [0.717, 1.165) is 18.8 Å². The maximum absolute atomic E-state index is 11.0. The molecular formula is C10H15N3O2. The number of aromatic nitrogens is 2. The number of nitrogens with zero attached hydrogens (tertiary/aromatic N) is 3. The molecule has 5 heteroatoms. The summed E-state index contributed by atoms with van der Waals surface area (Å²) in [7, 11) is 2.04. The van der Waals surface area contributed by atoms with Gasteiger partial charge in [0.25, 0.3) is 0 Å². The average molecular weight is 209 g/mol. The van der Waals surface area contributed by atoms with Gasteiger partial charge in [-0.05, 0) is 20.9 Å². The van der Waals surface area contributed by atoms with Crippen molar-refractivity contribution in [2.75, 3.05) is 20.1 Å². The van der Waals surface area contributed by atoms with Crippen LogP contribution in [0.15, 0.2) is 0 Å². The lowest BCUT2D eigenvalue weighted by Gasteiger charge is -2.36. The SMILES string of the molecule is Cc1nn(C2CN(C)C2)c(C)c1C(=O)O. The summed E-state index contributed by atoms with van der Waals surface area (Å²) in [5, 5.41) is 13.3. The van der Waals surface area contributed by atoms with Gasteiger partial charge < -0.3 is 10.0 Å². The van der Waals surface area contributed by atoms with E-state index in [-0.39, 0.29) is 0 Å². The Morgan fingerprint density at radius 2 is 2.07 bits per heavy atom. The number of rotatable bonds is 2. The van der Waals surface area contributed by atoms with Gasteiger partial charge in [0.2, 0.25) is 0 Å². The molecule has 2 rings (SSSR count). The van der Waals surface area contributed by atoms with E-state index >= 15 is 0 Å². The van der Waals surface area contributed by atoms with Crippen LogP contribution in [0.25, 0.3) is 0 Å². The van der Waals surface area contributed by atoms with Crippen LogP contribution in [-0.4, -0.2) is 45.9 Å². The molecule has 82 valence electrons. The van der Waals surface area contributed by atoms with E-state index in [9.17, 15) is 4.79 Å². The van der Waals surface area contributed by atoms with Gasteiger partial charge in [-0.25, -0.2) is 4.79 Å². The largest absolute Gasteiger partial charge is 0.478 e. The van der Waals surface area contributed by atoms with E-state index in [1.54, 1.807) is 6.92 Å². The van der Waals surface area contributed by atoms with Crippen molar-refractivity contribution in [1.82, 2.24) is 14.7 Å². The zero-order valence-corrected chi connectivity index (χ0v) is 9.19. The van der Waals surface area contributed by atoms with Crippen molar-refractivity contribution >= 4 is 5.97 Å². The highest BCUT2D eigenvalue weighted by atomic mass is 16.4. The molecular weight excluding hydrogens is 194 g/mol. The molecule has 5 nitrogen and oxygen atoms in total. The highest BCUT2D eigenvalue weighted by Gasteiger charge is 2.29. The van der Waals surface area contributed by atoms with Crippen LogP contribution in [0.1, 0.15) is 27.8 Å². The third kappa shape index (κ3) is 1.52. The quantitative estimate of drug-likeness (QED) is 0.778. The van der Waals surface area contributed by atoms with E-state index in [0.29, 0.717) is 17.3 Å². The molecule has 15 heavy (non-hydrogen) atoms. The van der Waals surface area contributed by atoms with Gasteiger partial charge in [0, 0.05) is 13.1 Å². The first-order chi connectivity index (χ1) is 7.00. The molecule has 0 saturated carbocycles. The number of hydrogen-bond donors (Lipinski definition) is 1. The molecule has 0 bridgehead atoms. The van der Waals surface area contributed by atoms with Crippen LogP contribution in [0.4, 0.5) is 0 Å². The van der Waals surface area contributed by atoms with Crippen molar-refractivity contribution < 1.29 is 9.90 Å². The molecule has 1 aliphatic heterocycles. The fourth-order valence-electron chi connectivity index (χ4n) is 2.15.